The number of aromatic nitrogens is 1. The summed E-state index contributed by atoms with van der Waals surface area (Å²) in [6, 6.07) is 21.1. The van der Waals surface area contributed by atoms with E-state index in [0.717, 1.165) is 17.3 Å². The first-order valence-corrected chi connectivity index (χ1v) is 9.15. The molecule has 0 amide bonds. The Bertz CT molecular complexity index is 801. The SMILES string of the molecule is CCCn1c(-c2ccccc2)c(-c2ccccc2)[se]/c1=N/N. The van der Waals surface area contributed by atoms with E-state index in [9.17, 15) is 0 Å². The predicted molar refractivity (Wildman–Crippen MR) is 92.3 cm³/mol. The summed E-state index contributed by atoms with van der Waals surface area (Å²) in [4.78, 5) is 0. The van der Waals surface area contributed by atoms with Gasteiger partial charge in [0.2, 0.25) is 0 Å². The second-order valence-corrected chi connectivity index (χ2v) is 7.13. The second kappa shape index (κ2) is 6.82. The molecule has 0 saturated heterocycles. The third kappa shape index (κ3) is 2.80. The standard InChI is InChI=1S/C18H19N3Se/c1-2-13-21-16(14-9-5-3-6-10-14)17(22-18(21)20-19)15-11-7-4-8-12-15/h3-12H,2,13,19H2,1H3/b20-18+. The molecule has 3 rings (SSSR count). The third-order valence-electron chi connectivity index (χ3n) is 3.55. The van der Waals surface area contributed by atoms with E-state index in [0.29, 0.717) is 0 Å². The van der Waals surface area contributed by atoms with Gasteiger partial charge in [-0.2, -0.15) is 0 Å². The Morgan fingerprint density at radius 2 is 1.55 bits per heavy atom. The molecule has 1 heterocycles. The number of nitrogens with zero attached hydrogens (tertiary/aromatic N) is 2. The molecule has 3 aromatic rings. The van der Waals surface area contributed by atoms with Crippen LogP contribution in [-0.2, 0) is 6.54 Å². The average molecular weight is 356 g/mol. The summed E-state index contributed by atoms with van der Waals surface area (Å²) < 4.78 is 4.65. The fourth-order valence-electron chi connectivity index (χ4n) is 2.61. The maximum atomic E-state index is 5.67. The monoisotopic (exact) mass is 357 g/mol. The van der Waals surface area contributed by atoms with Gasteiger partial charge in [0.05, 0.1) is 0 Å². The van der Waals surface area contributed by atoms with Crippen LogP contribution in [0.15, 0.2) is 65.8 Å². The zero-order valence-electron chi connectivity index (χ0n) is 12.6. The molecule has 112 valence electrons. The van der Waals surface area contributed by atoms with Gasteiger partial charge < -0.3 is 0 Å². The molecule has 0 radical (unpaired) electrons. The van der Waals surface area contributed by atoms with Crippen LogP contribution in [0.25, 0.3) is 21.3 Å². The summed E-state index contributed by atoms with van der Waals surface area (Å²) >= 11 is 0.135. The van der Waals surface area contributed by atoms with Crippen LogP contribution in [0.5, 0.6) is 0 Å². The van der Waals surface area contributed by atoms with E-state index in [1.807, 2.05) is 0 Å². The minimum absolute atomic E-state index is 0.135. The summed E-state index contributed by atoms with van der Waals surface area (Å²) in [5, 5.41) is 4.07. The van der Waals surface area contributed by atoms with Crippen LogP contribution in [0, 0.1) is 0 Å². The van der Waals surface area contributed by atoms with Gasteiger partial charge in [0, 0.05) is 0 Å². The normalized spacial score (nSPS) is 11.8. The summed E-state index contributed by atoms with van der Waals surface area (Å²) in [5.41, 5.74) is 3.76. The van der Waals surface area contributed by atoms with Crippen molar-refractivity contribution in [3.63, 3.8) is 0 Å². The quantitative estimate of drug-likeness (QED) is 0.436. The molecule has 3 nitrogen and oxygen atoms in total. The molecular weight excluding hydrogens is 337 g/mol. The molecule has 2 N–H and O–H groups in total. The van der Waals surface area contributed by atoms with Crippen molar-refractivity contribution in [3.05, 3.63) is 65.0 Å². The fourth-order valence-corrected chi connectivity index (χ4v) is 4.93. The number of hydrogen-bond acceptors (Lipinski definition) is 2. The molecule has 0 aliphatic heterocycles. The van der Waals surface area contributed by atoms with E-state index < -0.39 is 0 Å². The second-order valence-electron chi connectivity index (χ2n) is 5.08. The van der Waals surface area contributed by atoms with Crippen molar-refractivity contribution in [1.82, 2.24) is 4.57 Å². The van der Waals surface area contributed by atoms with Crippen molar-refractivity contribution in [2.45, 2.75) is 19.9 Å². The summed E-state index contributed by atoms with van der Waals surface area (Å²) in [5.74, 6) is 5.67. The van der Waals surface area contributed by atoms with Crippen molar-refractivity contribution >= 4 is 14.5 Å². The van der Waals surface area contributed by atoms with Crippen LogP contribution in [0.3, 0.4) is 0 Å². The number of benzene rings is 2. The molecule has 0 aliphatic rings. The fraction of sp³-hybridized carbons (Fsp3) is 0.167. The summed E-state index contributed by atoms with van der Waals surface area (Å²) in [7, 11) is 0. The topological polar surface area (TPSA) is 43.3 Å². The van der Waals surface area contributed by atoms with Crippen molar-refractivity contribution in [2.24, 2.45) is 10.9 Å². The van der Waals surface area contributed by atoms with E-state index in [4.69, 9.17) is 5.84 Å². The van der Waals surface area contributed by atoms with Gasteiger partial charge in [0.25, 0.3) is 0 Å². The van der Waals surface area contributed by atoms with Crippen LogP contribution in [-0.4, -0.2) is 19.1 Å². The summed E-state index contributed by atoms with van der Waals surface area (Å²) in [6.45, 7) is 3.13. The van der Waals surface area contributed by atoms with Crippen LogP contribution in [0.1, 0.15) is 13.3 Å². The Labute approximate surface area is 136 Å². The van der Waals surface area contributed by atoms with E-state index in [2.05, 4.69) is 77.3 Å². The molecule has 0 bridgehead atoms. The average Bonchev–Trinajstić information content (AvgIpc) is 2.95. The molecule has 0 unspecified atom stereocenters. The first kappa shape index (κ1) is 14.9. The van der Waals surface area contributed by atoms with Gasteiger partial charge in [0.15, 0.2) is 0 Å². The first-order valence-electron chi connectivity index (χ1n) is 7.43. The molecule has 0 fully saturated rings. The molecule has 4 heteroatoms. The Hall–Kier alpha value is -2.03. The van der Waals surface area contributed by atoms with Crippen LogP contribution >= 0.6 is 0 Å². The van der Waals surface area contributed by atoms with Gasteiger partial charge in [0.1, 0.15) is 0 Å². The van der Waals surface area contributed by atoms with Gasteiger partial charge in [-0.05, 0) is 0 Å². The number of hydrogen-bond donors (Lipinski definition) is 1. The first-order chi connectivity index (χ1) is 10.8. The van der Waals surface area contributed by atoms with Crippen molar-refractivity contribution in [1.29, 1.82) is 0 Å². The number of nitrogens with two attached hydrogens (primary N) is 1. The van der Waals surface area contributed by atoms with Crippen molar-refractivity contribution in [2.75, 3.05) is 0 Å². The Morgan fingerprint density at radius 3 is 2.09 bits per heavy atom. The predicted octanol–water partition coefficient (Wildman–Crippen LogP) is 3.06. The zero-order chi connectivity index (χ0) is 15.4. The van der Waals surface area contributed by atoms with Crippen LogP contribution in [0.4, 0.5) is 0 Å². The summed E-state index contributed by atoms with van der Waals surface area (Å²) in [6.07, 6.45) is 1.06. The number of rotatable bonds is 4. The molecule has 0 atom stereocenters. The molecule has 0 aliphatic carbocycles. The molecule has 22 heavy (non-hydrogen) atoms. The molecule has 0 spiro atoms. The van der Waals surface area contributed by atoms with Gasteiger partial charge in [-0.3, -0.25) is 0 Å². The van der Waals surface area contributed by atoms with E-state index >= 15 is 0 Å². The van der Waals surface area contributed by atoms with E-state index in [1.54, 1.807) is 0 Å². The Balaban J connectivity index is 2.31. The maximum absolute atomic E-state index is 5.67. The molecule has 1 aromatic heterocycles. The van der Waals surface area contributed by atoms with E-state index in [-0.39, 0.29) is 14.5 Å². The van der Waals surface area contributed by atoms with E-state index in [1.165, 1.54) is 21.3 Å². The van der Waals surface area contributed by atoms with Gasteiger partial charge in [-0.1, -0.05) is 0 Å². The molecule has 2 aromatic carbocycles. The van der Waals surface area contributed by atoms with Crippen LogP contribution in [0.2, 0.25) is 0 Å². The van der Waals surface area contributed by atoms with Gasteiger partial charge in [-0.15, -0.1) is 0 Å². The van der Waals surface area contributed by atoms with Crippen molar-refractivity contribution in [3.8, 4) is 21.3 Å². The Morgan fingerprint density at radius 1 is 0.955 bits per heavy atom. The molecule has 0 saturated carbocycles. The van der Waals surface area contributed by atoms with Crippen LogP contribution < -0.4 is 10.2 Å². The van der Waals surface area contributed by atoms with Gasteiger partial charge >= 0.3 is 136 Å². The third-order valence-corrected chi connectivity index (χ3v) is 5.95. The van der Waals surface area contributed by atoms with Gasteiger partial charge in [-0.25, -0.2) is 0 Å². The molecular formula is C18H19N3Se. The minimum atomic E-state index is 0.135. The van der Waals surface area contributed by atoms with Crippen molar-refractivity contribution < 1.29 is 0 Å². The zero-order valence-corrected chi connectivity index (χ0v) is 14.3. The Kier molecular flexibility index (Phi) is 4.62.